The molecule has 8 heteroatoms. The van der Waals surface area contributed by atoms with Crippen LogP contribution in [-0.4, -0.2) is 93.5 Å². The Morgan fingerprint density at radius 3 is 1.47 bits per heavy atom. The molecule has 8 nitrogen and oxygen atoms in total. The summed E-state index contributed by atoms with van der Waals surface area (Å²) in [4.78, 5) is 0. The lowest BCUT2D eigenvalue weighted by atomic mass is 10.1. The Morgan fingerprint density at radius 1 is 0.533 bits per heavy atom. The summed E-state index contributed by atoms with van der Waals surface area (Å²) in [5.74, 6) is 1.46. The molecule has 0 atom stereocenters. The third-order valence-electron chi connectivity index (χ3n) is 3.95. The molecule has 1 aromatic rings. The number of hydrogen-bond donors (Lipinski definition) is 0. The fourth-order valence-corrected chi connectivity index (χ4v) is 2.55. The number of benzene rings is 1. The molecule has 0 aliphatic carbocycles. The molecule has 0 amide bonds. The lowest BCUT2D eigenvalue weighted by Gasteiger charge is -2.16. The minimum Gasteiger partial charge on any atom is -0.487 e. The van der Waals surface area contributed by atoms with E-state index in [1.54, 1.807) is 14.2 Å². The zero-order valence-corrected chi connectivity index (χ0v) is 18.9. The summed E-state index contributed by atoms with van der Waals surface area (Å²) in [5, 5.41) is 0. The van der Waals surface area contributed by atoms with E-state index in [1.165, 1.54) is 0 Å². The SMILES string of the molecule is COCCOCCOCCOc1cc(C)cc(C)c1OCCOCCOCCOC. The van der Waals surface area contributed by atoms with Gasteiger partial charge in [0.15, 0.2) is 11.5 Å². The molecule has 0 aromatic heterocycles. The van der Waals surface area contributed by atoms with Crippen molar-refractivity contribution in [3.63, 3.8) is 0 Å². The van der Waals surface area contributed by atoms with E-state index < -0.39 is 0 Å². The first-order valence-electron chi connectivity index (χ1n) is 10.3. The van der Waals surface area contributed by atoms with E-state index in [1.807, 2.05) is 19.9 Å². The molecule has 0 radical (unpaired) electrons. The lowest BCUT2D eigenvalue weighted by molar-refractivity contribution is 0.0159. The topological polar surface area (TPSA) is 73.8 Å². The van der Waals surface area contributed by atoms with Gasteiger partial charge in [-0.3, -0.25) is 0 Å². The molecule has 0 N–H and O–H groups in total. The largest absolute Gasteiger partial charge is 0.487 e. The summed E-state index contributed by atoms with van der Waals surface area (Å²) >= 11 is 0. The summed E-state index contributed by atoms with van der Waals surface area (Å²) in [6, 6.07) is 4.04. The highest BCUT2D eigenvalue weighted by atomic mass is 16.6. The van der Waals surface area contributed by atoms with Crippen LogP contribution in [0.1, 0.15) is 11.1 Å². The second kappa shape index (κ2) is 18.4. The molecule has 30 heavy (non-hydrogen) atoms. The van der Waals surface area contributed by atoms with Crippen LogP contribution in [0.15, 0.2) is 12.1 Å². The molecule has 0 saturated carbocycles. The van der Waals surface area contributed by atoms with Crippen molar-refractivity contribution in [3.05, 3.63) is 23.3 Å². The minimum absolute atomic E-state index is 0.437. The molecule has 0 heterocycles. The van der Waals surface area contributed by atoms with Gasteiger partial charge in [-0.2, -0.15) is 0 Å². The lowest BCUT2D eigenvalue weighted by Crippen LogP contribution is -2.14. The van der Waals surface area contributed by atoms with E-state index in [2.05, 4.69) is 6.07 Å². The average Bonchev–Trinajstić information content (AvgIpc) is 2.72. The van der Waals surface area contributed by atoms with Gasteiger partial charge in [0, 0.05) is 14.2 Å². The zero-order chi connectivity index (χ0) is 21.9. The van der Waals surface area contributed by atoms with Crippen LogP contribution < -0.4 is 9.47 Å². The van der Waals surface area contributed by atoms with E-state index in [-0.39, 0.29) is 0 Å². The Bertz CT molecular complexity index is 538. The summed E-state index contributed by atoms with van der Waals surface area (Å²) in [6.45, 7) is 10.3. The van der Waals surface area contributed by atoms with Crippen LogP contribution in [0.3, 0.4) is 0 Å². The standard InChI is InChI=1S/C22H38O8/c1-19-17-20(2)22(30-16-14-28-12-10-26-8-6-24-4)21(18-19)29-15-13-27-11-9-25-7-5-23-3/h17-18H,5-16H2,1-4H3. The van der Waals surface area contributed by atoms with Gasteiger partial charge < -0.3 is 37.9 Å². The van der Waals surface area contributed by atoms with E-state index in [9.17, 15) is 0 Å². The first-order valence-corrected chi connectivity index (χ1v) is 10.3. The van der Waals surface area contributed by atoms with Gasteiger partial charge in [-0.15, -0.1) is 0 Å². The zero-order valence-electron chi connectivity index (χ0n) is 18.9. The summed E-state index contributed by atoms with van der Waals surface area (Å²) in [5.41, 5.74) is 2.15. The van der Waals surface area contributed by atoms with Crippen molar-refractivity contribution in [2.24, 2.45) is 0 Å². The number of rotatable bonds is 20. The highest BCUT2D eigenvalue weighted by Crippen LogP contribution is 2.32. The van der Waals surface area contributed by atoms with Crippen molar-refractivity contribution in [1.29, 1.82) is 0 Å². The molecule has 1 aromatic carbocycles. The second-order valence-corrected chi connectivity index (χ2v) is 6.54. The second-order valence-electron chi connectivity index (χ2n) is 6.54. The normalized spacial score (nSPS) is 11.1. The van der Waals surface area contributed by atoms with Crippen molar-refractivity contribution in [1.82, 2.24) is 0 Å². The Kier molecular flexibility index (Phi) is 16.3. The van der Waals surface area contributed by atoms with Gasteiger partial charge in [-0.1, -0.05) is 6.07 Å². The average molecular weight is 431 g/mol. The molecule has 0 fully saturated rings. The van der Waals surface area contributed by atoms with Crippen molar-refractivity contribution < 1.29 is 37.9 Å². The fourth-order valence-electron chi connectivity index (χ4n) is 2.55. The Morgan fingerprint density at radius 2 is 0.967 bits per heavy atom. The van der Waals surface area contributed by atoms with Gasteiger partial charge in [-0.05, 0) is 31.0 Å². The Hall–Kier alpha value is -1.42. The van der Waals surface area contributed by atoms with Crippen LogP contribution in [0.2, 0.25) is 0 Å². The maximum Gasteiger partial charge on any atom is 0.164 e. The van der Waals surface area contributed by atoms with Gasteiger partial charge in [-0.25, -0.2) is 0 Å². The predicted octanol–water partition coefficient (Wildman–Crippen LogP) is 2.42. The van der Waals surface area contributed by atoms with E-state index in [0.717, 1.165) is 22.6 Å². The smallest absolute Gasteiger partial charge is 0.164 e. The third kappa shape index (κ3) is 13.0. The van der Waals surface area contributed by atoms with Gasteiger partial charge >= 0.3 is 0 Å². The number of hydrogen-bond acceptors (Lipinski definition) is 8. The third-order valence-corrected chi connectivity index (χ3v) is 3.95. The van der Waals surface area contributed by atoms with Crippen molar-refractivity contribution >= 4 is 0 Å². The van der Waals surface area contributed by atoms with Crippen molar-refractivity contribution in [2.75, 3.05) is 93.5 Å². The van der Waals surface area contributed by atoms with Crippen LogP contribution in [0, 0.1) is 13.8 Å². The highest BCUT2D eigenvalue weighted by molar-refractivity contribution is 5.48. The predicted molar refractivity (Wildman–Crippen MR) is 114 cm³/mol. The molecule has 1 rings (SSSR count). The summed E-state index contributed by atoms with van der Waals surface area (Å²) in [6.07, 6.45) is 0. The molecule has 0 saturated heterocycles. The quantitative estimate of drug-likeness (QED) is 0.292. The molecular formula is C22H38O8. The maximum atomic E-state index is 5.92. The van der Waals surface area contributed by atoms with Gasteiger partial charge in [0.1, 0.15) is 13.2 Å². The number of methoxy groups -OCH3 is 2. The van der Waals surface area contributed by atoms with Crippen molar-refractivity contribution in [3.8, 4) is 11.5 Å². The Balaban J connectivity index is 2.25. The first-order chi connectivity index (χ1) is 14.7. The first kappa shape index (κ1) is 26.6. The molecule has 0 aliphatic rings. The number of ether oxygens (including phenoxy) is 8. The van der Waals surface area contributed by atoms with Crippen LogP contribution in [0.5, 0.6) is 11.5 Å². The summed E-state index contributed by atoms with van der Waals surface area (Å²) in [7, 11) is 3.30. The molecular weight excluding hydrogens is 392 g/mol. The van der Waals surface area contributed by atoms with Crippen LogP contribution in [-0.2, 0) is 28.4 Å². The minimum atomic E-state index is 0.437. The van der Waals surface area contributed by atoms with Gasteiger partial charge in [0.05, 0.1) is 66.1 Å². The van der Waals surface area contributed by atoms with Gasteiger partial charge in [0.2, 0.25) is 0 Å². The van der Waals surface area contributed by atoms with Gasteiger partial charge in [0.25, 0.3) is 0 Å². The van der Waals surface area contributed by atoms with Crippen LogP contribution >= 0.6 is 0 Å². The van der Waals surface area contributed by atoms with Crippen molar-refractivity contribution in [2.45, 2.75) is 13.8 Å². The molecule has 0 spiro atoms. The summed E-state index contributed by atoms with van der Waals surface area (Å²) < 4.78 is 43.4. The number of aryl methyl sites for hydroxylation is 2. The fraction of sp³-hybridized carbons (Fsp3) is 0.727. The van der Waals surface area contributed by atoms with E-state index in [4.69, 9.17) is 37.9 Å². The molecule has 174 valence electrons. The molecule has 0 bridgehead atoms. The Labute approximate surface area is 180 Å². The maximum absolute atomic E-state index is 5.92. The van der Waals surface area contributed by atoms with E-state index >= 15 is 0 Å². The van der Waals surface area contributed by atoms with E-state index in [0.29, 0.717) is 79.3 Å². The van der Waals surface area contributed by atoms with Crippen LogP contribution in [0.4, 0.5) is 0 Å². The highest BCUT2D eigenvalue weighted by Gasteiger charge is 2.10. The molecule has 0 unspecified atom stereocenters. The van der Waals surface area contributed by atoms with Crippen LogP contribution in [0.25, 0.3) is 0 Å². The molecule has 0 aliphatic heterocycles. The monoisotopic (exact) mass is 430 g/mol.